The van der Waals surface area contributed by atoms with E-state index in [-0.39, 0.29) is 11.8 Å². The van der Waals surface area contributed by atoms with Gasteiger partial charge in [-0.2, -0.15) is 0 Å². The van der Waals surface area contributed by atoms with Crippen molar-refractivity contribution in [3.63, 3.8) is 0 Å². The van der Waals surface area contributed by atoms with E-state index in [0.29, 0.717) is 17.7 Å². The number of carbonyl (C=O) groups excluding carboxylic acids is 2. The minimum absolute atomic E-state index is 0.159. The second-order valence-electron chi connectivity index (χ2n) is 4.96. The van der Waals surface area contributed by atoms with E-state index in [0.717, 1.165) is 0 Å². The number of hydrogen-bond donors (Lipinski definition) is 2. The fraction of sp³-hybridized carbons (Fsp3) is 0.176. The first-order valence-corrected chi connectivity index (χ1v) is 6.81. The predicted octanol–water partition coefficient (Wildman–Crippen LogP) is 2.32. The van der Waals surface area contributed by atoms with Crippen LogP contribution in [0, 0.1) is 0 Å². The highest BCUT2D eigenvalue weighted by Crippen LogP contribution is 2.13. The highest BCUT2D eigenvalue weighted by atomic mass is 16.2. The molecule has 0 saturated carbocycles. The number of rotatable bonds is 5. The Hall–Kier alpha value is -2.62. The molecule has 0 aliphatic carbocycles. The summed E-state index contributed by atoms with van der Waals surface area (Å²) in [6, 6.07) is 16.3. The second kappa shape index (κ2) is 6.70. The molecule has 2 amide bonds. The molecule has 2 aromatic rings. The van der Waals surface area contributed by atoms with Crippen molar-refractivity contribution in [2.75, 3.05) is 6.54 Å². The van der Waals surface area contributed by atoms with Crippen LogP contribution in [-0.2, 0) is 0 Å². The van der Waals surface area contributed by atoms with Gasteiger partial charge in [0.2, 0.25) is 5.91 Å². The van der Waals surface area contributed by atoms with Crippen molar-refractivity contribution < 1.29 is 9.59 Å². The van der Waals surface area contributed by atoms with Crippen molar-refractivity contribution in [2.24, 2.45) is 5.73 Å². The van der Waals surface area contributed by atoms with Gasteiger partial charge in [0.05, 0.1) is 0 Å². The molecule has 2 rings (SSSR count). The molecule has 3 N–H and O–H groups in total. The van der Waals surface area contributed by atoms with E-state index in [1.165, 1.54) is 5.56 Å². The van der Waals surface area contributed by atoms with Crippen molar-refractivity contribution >= 4 is 11.8 Å². The van der Waals surface area contributed by atoms with Crippen LogP contribution in [0.25, 0.3) is 0 Å². The molecule has 0 fully saturated rings. The molecule has 21 heavy (non-hydrogen) atoms. The lowest BCUT2D eigenvalue weighted by Crippen LogP contribution is -2.27. The van der Waals surface area contributed by atoms with E-state index >= 15 is 0 Å². The second-order valence-corrected chi connectivity index (χ2v) is 4.96. The van der Waals surface area contributed by atoms with E-state index < -0.39 is 5.91 Å². The zero-order chi connectivity index (χ0) is 15.2. The molecule has 108 valence electrons. The molecule has 0 radical (unpaired) electrons. The lowest BCUT2D eigenvalue weighted by molar-refractivity contribution is 0.0949. The molecule has 0 aromatic heterocycles. The van der Waals surface area contributed by atoms with Gasteiger partial charge >= 0.3 is 0 Å². The summed E-state index contributed by atoms with van der Waals surface area (Å²) in [4.78, 5) is 23.0. The standard InChI is InChI=1S/C17H18N2O2/c1-12(13-5-3-2-4-6-13)11-19-17(21)15-9-7-14(8-10-15)16(18)20/h2-10,12H,11H2,1H3,(H2,18,20)(H,19,21). The quantitative estimate of drug-likeness (QED) is 0.883. The fourth-order valence-electron chi connectivity index (χ4n) is 2.03. The van der Waals surface area contributed by atoms with Crippen molar-refractivity contribution in [2.45, 2.75) is 12.8 Å². The van der Waals surface area contributed by atoms with Crippen molar-refractivity contribution in [3.8, 4) is 0 Å². The van der Waals surface area contributed by atoms with Crippen LogP contribution >= 0.6 is 0 Å². The zero-order valence-corrected chi connectivity index (χ0v) is 11.9. The van der Waals surface area contributed by atoms with E-state index in [4.69, 9.17) is 5.73 Å². The summed E-state index contributed by atoms with van der Waals surface area (Å²) in [7, 11) is 0. The van der Waals surface area contributed by atoms with Crippen LogP contribution in [0.4, 0.5) is 0 Å². The van der Waals surface area contributed by atoms with Gasteiger partial charge in [-0.05, 0) is 35.7 Å². The molecule has 1 unspecified atom stereocenters. The van der Waals surface area contributed by atoms with E-state index in [1.54, 1.807) is 24.3 Å². The summed E-state index contributed by atoms with van der Waals surface area (Å²) < 4.78 is 0. The molecule has 0 spiro atoms. The summed E-state index contributed by atoms with van der Waals surface area (Å²) in [5, 5.41) is 2.89. The van der Waals surface area contributed by atoms with Crippen LogP contribution in [0.15, 0.2) is 54.6 Å². The lowest BCUT2D eigenvalue weighted by atomic mass is 10.0. The number of nitrogens with one attached hydrogen (secondary N) is 1. The largest absolute Gasteiger partial charge is 0.366 e. The molecule has 0 aliphatic heterocycles. The molecular weight excluding hydrogens is 264 g/mol. The lowest BCUT2D eigenvalue weighted by Gasteiger charge is -2.13. The van der Waals surface area contributed by atoms with Crippen molar-refractivity contribution in [1.82, 2.24) is 5.32 Å². The third-order valence-corrected chi connectivity index (χ3v) is 3.37. The zero-order valence-electron chi connectivity index (χ0n) is 11.9. The summed E-state index contributed by atoms with van der Waals surface area (Å²) in [5.41, 5.74) is 7.25. The minimum atomic E-state index is -0.500. The van der Waals surface area contributed by atoms with Gasteiger partial charge in [-0.15, -0.1) is 0 Å². The van der Waals surface area contributed by atoms with Gasteiger partial charge in [0, 0.05) is 17.7 Å². The maximum atomic E-state index is 12.0. The van der Waals surface area contributed by atoms with Crippen LogP contribution in [0.1, 0.15) is 39.1 Å². The van der Waals surface area contributed by atoms with Gasteiger partial charge in [0.25, 0.3) is 5.91 Å². The molecule has 0 aliphatic rings. The first-order valence-electron chi connectivity index (χ1n) is 6.81. The highest BCUT2D eigenvalue weighted by Gasteiger charge is 2.10. The Morgan fingerprint density at radius 3 is 2.14 bits per heavy atom. The monoisotopic (exact) mass is 282 g/mol. The van der Waals surface area contributed by atoms with Crippen LogP contribution in [0.5, 0.6) is 0 Å². The van der Waals surface area contributed by atoms with Gasteiger partial charge in [0.15, 0.2) is 0 Å². The summed E-state index contributed by atoms with van der Waals surface area (Å²) >= 11 is 0. The van der Waals surface area contributed by atoms with Gasteiger partial charge in [0.1, 0.15) is 0 Å². The number of benzene rings is 2. The molecule has 0 heterocycles. The number of amides is 2. The van der Waals surface area contributed by atoms with Gasteiger partial charge in [-0.1, -0.05) is 37.3 Å². The summed E-state index contributed by atoms with van der Waals surface area (Å²) in [6.07, 6.45) is 0. The van der Waals surface area contributed by atoms with Crippen LogP contribution < -0.4 is 11.1 Å². The third kappa shape index (κ3) is 3.92. The Labute approximate surface area is 124 Å². The third-order valence-electron chi connectivity index (χ3n) is 3.37. The summed E-state index contributed by atoms with van der Waals surface area (Å²) in [6.45, 7) is 2.62. The van der Waals surface area contributed by atoms with Crippen LogP contribution in [0.2, 0.25) is 0 Å². The molecule has 1 atom stereocenters. The van der Waals surface area contributed by atoms with Gasteiger partial charge in [-0.25, -0.2) is 0 Å². The maximum absolute atomic E-state index is 12.0. The van der Waals surface area contributed by atoms with Crippen molar-refractivity contribution in [1.29, 1.82) is 0 Å². The average molecular weight is 282 g/mol. The SMILES string of the molecule is CC(CNC(=O)c1ccc(C(N)=O)cc1)c1ccccc1. The molecule has 4 nitrogen and oxygen atoms in total. The topological polar surface area (TPSA) is 72.2 Å². The van der Waals surface area contributed by atoms with E-state index in [1.807, 2.05) is 30.3 Å². The molecule has 2 aromatic carbocycles. The Bertz CT molecular complexity index is 621. The van der Waals surface area contributed by atoms with Crippen molar-refractivity contribution in [3.05, 3.63) is 71.3 Å². The predicted molar refractivity (Wildman–Crippen MR) is 82.2 cm³/mol. The number of nitrogens with two attached hydrogens (primary N) is 1. The maximum Gasteiger partial charge on any atom is 0.251 e. The van der Waals surface area contributed by atoms with Crippen LogP contribution in [-0.4, -0.2) is 18.4 Å². The smallest absolute Gasteiger partial charge is 0.251 e. The van der Waals surface area contributed by atoms with Gasteiger partial charge < -0.3 is 11.1 Å². The number of carbonyl (C=O) groups is 2. The Morgan fingerprint density at radius 1 is 1.00 bits per heavy atom. The minimum Gasteiger partial charge on any atom is -0.366 e. The number of primary amides is 1. The Morgan fingerprint density at radius 2 is 1.57 bits per heavy atom. The molecular formula is C17H18N2O2. The molecule has 0 saturated heterocycles. The van der Waals surface area contributed by atoms with Crippen LogP contribution in [0.3, 0.4) is 0 Å². The van der Waals surface area contributed by atoms with E-state index in [2.05, 4.69) is 12.2 Å². The molecule has 4 heteroatoms. The normalized spacial score (nSPS) is 11.7. The highest BCUT2D eigenvalue weighted by molar-refractivity contribution is 5.97. The first-order chi connectivity index (χ1) is 10.1. The van der Waals surface area contributed by atoms with E-state index in [9.17, 15) is 9.59 Å². The Balaban J connectivity index is 1.94. The Kier molecular flexibility index (Phi) is 4.72. The number of hydrogen-bond acceptors (Lipinski definition) is 2. The average Bonchev–Trinajstić information content (AvgIpc) is 2.53. The van der Waals surface area contributed by atoms with Gasteiger partial charge in [-0.3, -0.25) is 9.59 Å². The summed E-state index contributed by atoms with van der Waals surface area (Å²) in [5.74, 6) is -0.423. The fourth-order valence-corrected chi connectivity index (χ4v) is 2.03. The molecule has 0 bridgehead atoms. The first kappa shape index (κ1) is 14.8.